The number of benzene rings is 1. The second-order valence-corrected chi connectivity index (χ2v) is 5.10. The number of hydrogen-bond acceptors (Lipinski definition) is 3. The standard InChI is InChI=1S/C18H27NO2/c1-3-18(4-2)19(12-14-21)15-17-11-6-5-9-16(17)10-7-8-13-20/h5-6,9,11,18,20-21H,3-4,8,12-15H2,1-2H3. The summed E-state index contributed by atoms with van der Waals surface area (Å²) in [5.74, 6) is 6.12. The molecule has 0 bridgehead atoms. The molecule has 0 aliphatic carbocycles. The molecule has 3 nitrogen and oxygen atoms in total. The van der Waals surface area contributed by atoms with Gasteiger partial charge in [-0.15, -0.1) is 0 Å². The third-order valence-electron chi connectivity index (χ3n) is 3.70. The average Bonchev–Trinajstić information content (AvgIpc) is 2.50. The van der Waals surface area contributed by atoms with Crippen molar-refractivity contribution < 1.29 is 10.2 Å². The molecule has 3 heteroatoms. The van der Waals surface area contributed by atoms with Crippen LogP contribution in [0.15, 0.2) is 24.3 Å². The van der Waals surface area contributed by atoms with Gasteiger partial charge >= 0.3 is 0 Å². The predicted molar refractivity (Wildman–Crippen MR) is 86.9 cm³/mol. The van der Waals surface area contributed by atoms with Crippen molar-refractivity contribution in [3.63, 3.8) is 0 Å². The van der Waals surface area contributed by atoms with E-state index in [4.69, 9.17) is 5.11 Å². The van der Waals surface area contributed by atoms with Gasteiger partial charge in [0.2, 0.25) is 0 Å². The Kier molecular flexibility index (Phi) is 8.77. The Balaban J connectivity index is 2.90. The maximum atomic E-state index is 9.30. The number of aliphatic hydroxyl groups is 2. The summed E-state index contributed by atoms with van der Waals surface area (Å²) in [6.45, 7) is 6.13. The van der Waals surface area contributed by atoms with Crippen molar-refractivity contribution in [2.75, 3.05) is 19.8 Å². The van der Waals surface area contributed by atoms with Crippen LogP contribution in [0.25, 0.3) is 0 Å². The number of nitrogens with zero attached hydrogens (tertiary/aromatic N) is 1. The van der Waals surface area contributed by atoms with Gasteiger partial charge in [0, 0.05) is 31.1 Å². The Morgan fingerprint density at radius 3 is 2.43 bits per heavy atom. The van der Waals surface area contributed by atoms with Gasteiger partial charge in [0.25, 0.3) is 0 Å². The summed E-state index contributed by atoms with van der Waals surface area (Å²) in [4.78, 5) is 2.33. The van der Waals surface area contributed by atoms with E-state index in [-0.39, 0.29) is 13.2 Å². The molecular weight excluding hydrogens is 262 g/mol. The first-order valence-corrected chi connectivity index (χ1v) is 7.79. The van der Waals surface area contributed by atoms with Crippen molar-refractivity contribution in [2.24, 2.45) is 0 Å². The lowest BCUT2D eigenvalue weighted by atomic mass is 10.0. The lowest BCUT2D eigenvalue weighted by molar-refractivity contribution is 0.136. The fourth-order valence-electron chi connectivity index (χ4n) is 2.54. The normalized spacial score (nSPS) is 10.8. The van der Waals surface area contributed by atoms with Gasteiger partial charge in [0.1, 0.15) is 0 Å². The number of hydrogen-bond donors (Lipinski definition) is 2. The zero-order chi connectivity index (χ0) is 15.5. The molecule has 1 rings (SSSR count). The molecular formula is C18H27NO2. The lowest BCUT2D eigenvalue weighted by Crippen LogP contribution is -2.36. The predicted octanol–water partition coefficient (Wildman–Crippen LogP) is 2.40. The van der Waals surface area contributed by atoms with E-state index in [9.17, 15) is 5.11 Å². The highest BCUT2D eigenvalue weighted by Gasteiger charge is 2.15. The molecule has 2 N–H and O–H groups in total. The molecule has 21 heavy (non-hydrogen) atoms. The molecule has 0 unspecified atom stereocenters. The molecule has 0 spiro atoms. The summed E-state index contributed by atoms with van der Waals surface area (Å²) in [7, 11) is 0. The first-order chi connectivity index (χ1) is 10.3. The minimum absolute atomic E-state index is 0.0968. The SMILES string of the molecule is CCC(CC)N(CCO)Cc1ccccc1C#CCCO. The van der Waals surface area contributed by atoms with Crippen molar-refractivity contribution >= 4 is 0 Å². The second kappa shape index (κ2) is 10.4. The van der Waals surface area contributed by atoms with Gasteiger partial charge in [-0.2, -0.15) is 0 Å². The van der Waals surface area contributed by atoms with E-state index < -0.39 is 0 Å². The largest absolute Gasteiger partial charge is 0.395 e. The number of rotatable bonds is 8. The van der Waals surface area contributed by atoms with Crippen LogP contribution in [0.3, 0.4) is 0 Å². The van der Waals surface area contributed by atoms with Gasteiger partial charge < -0.3 is 10.2 Å². The lowest BCUT2D eigenvalue weighted by Gasteiger charge is -2.30. The smallest absolute Gasteiger partial charge is 0.0558 e. The monoisotopic (exact) mass is 289 g/mol. The van der Waals surface area contributed by atoms with E-state index >= 15 is 0 Å². The van der Waals surface area contributed by atoms with E-state index in [2.05, 4.69) is 36.7 Å². The molecule has 1 aromatic carbocycles. The third kappa shape index (κ3) is 5.89. The zero-order valence-electron chi connectivity index (χ0n) is 13.2. The molecule has 0 aliphatic heterocycles. The molecule has 116 valence electrons. The Bertz CT molecular complexity index is 458. The Labute approximate surface area is 128 Å². The fraction of sp³-hybridized carbons (Fsp3) is 0.556. The van der Waals surface area contributed by atoms with Gasteiger partial charge in [-0.3, -0.25) is 4.90 Å². The van der Waals surface area contributed by atoms with Gasteiger partial charge in [0.15, 0.2) is 0 Å². The molecule has 0 saturated heterocycles. The topological polar surface area (TPSA) is 43.7 Å². The Hall–Kier alpha value is -1.34. The van der Waals surface area contributed by atoms with E-state index in [0.29, 0.717) is 19.0 Å². The van der Waals surface area contributed by atoms with E-state index in [1.165, 1.54) is 5.56 Å². The van der Waals surface area contributed by atoms with Gasteiger partial charge in [-0.05, 0) is 24.5 Å². The van der Waals surface area contributed by atoms with Crippen LogP contribution in [0.2, 0.25) is 0 Å². The summed E-state index contributed by atoms with van der Waals surface area (Å²) >= 11 is 0. The number of aliphatic hydroxyl groups excluding tert-OH is 2. The average molecular weight is 289 g/mol. The van der Waals surface area contributed by atoms with Crippen LogP contribution in [0.5, 0.6) is 0 Å². The molecule has 0 heterocycles. The Morgan fingerprint density at radius 2 is 1.81 bits per heavy atom. The summed E-state index contributed by atoms with van der Waals surface area (Å²) in [5, 5.41) is 18.1. The van der Waals surface area contributed by atoms with Gasteiger partial charge in [-0.25, -0.2) is 0 Å². The summed E-state index contributed by atoms with van der Waals surface area (Å²) in [6.07, 6.45) is 2.66. The fourth-order valence-corrected chi connectivity index (χ4v) is 2.54. The maximum Gasteiger partial charge on any atom is 0.0558 e. The first kappa shape index (κ1) is 17.7. The highest BCUT2D eigenvalue weighted by Crippen LogP contribution is 2.16. The summed E-state index contributed by atoms with van der Waals surface area (Å²) in [5.41, 5.74) is 2.20. The van der Waals surface area contributed by atoms with Crippen LogP contribution in [0, 0.1) is 11.8 Å². The molecule has 0 amide bonds. The zero-order valence-corrected chi connectivity index (χ0v) is 13.2. The highest BCUT2D eigenvalue weighted by atomic mass is 16.3. The van der Waals surface area contributed by atoms with Crippen molar-refractivity contribution in [1.82, 2.24) is 4.90 Å². The molecule has 1 aromatic rings. The van der Waals surface area contributed by atoms with Crippen LogP contribution in [0.4, 0.5) is 0 Å². The highest BCUT2D eigenvalue weighted by molar-refractivity contribution is 5.41. The first-order valence-electron chi connectivity index (χ1n) is 7.79. The summed E-state index contributed by atoms with van der Waals surface area (Å²) < 4.78 is 0. The molecule has 0 atom stereocenters. The quantitative estimate of drug-likeness (QED) is 0.722. The van der Waals surface area contributed by atoms with Crippen molar-refractivity contribution in [3.8, 4) is 11.8 Å². The second-order valence-electron chi connectivity index (χ2n) is 5.10. The van der Waals surface area contributed by atoms with Gasteiger partial charge in [0.05, 0.1) is 13.2 Å². The molecule has 0 radical (unpaired) electrons. The maximum absolute atomic E-state index is 9.30. The van der Waals surface area contributed by atoms with Crippen LogP contribution in [-0.2, 0) is 6.54 Å². The molecule has 0 saturated carbocycles. The van der Waals surface area contributed by atoms with Crippen molar-refractivity contribution in [1.29, 1.82) is 0 Å². The minimum Gasteiger partial charge on any atom is -0.395 e. The van der Waals surface area contributed by atoms with Crippen LogP contribution in [0.1, 0.15) is 44.2 Å². The van der Waals surface area contributed by atoms with Crippen LogP contribution in [-0.4, -0.2) is 40.9 Å². The van der Waals surface area contributed by atoms with Gasteiger partial charge in [-0.1, -0.05) is 43.9 Å². The van der Waals surface area contributed by atoms with Crippen molar-refractivity contribution in [3.05, 3.63) is 35.4 Å². The minimum atomic E-state index is 0.0968. The van der Waals surface area contributed by atoms with E-state index in [1.807, 2.05) is 18.2 Å². The molecule has 0 aliphatic rings. The van der Waals surface area contributed by atoms with Crippen molar-refractivity contribution in [2.45, 2.75) is 45.7 Å². The summed E-state index contributed by atoms with van der Waals surface area (Å²) in [6, 6.07) is 8.60. The Morgan fingerprint density at radius 1 is 1.10 bits per heavy atom. The molecule has 0 aromatic heterocycles. The van der Waals surface area contributed by atoms with E-state index in [1.54, 1.807) is 0 Å². The van der Waals surface area contributed by atoms with Crippen LogP contribution >= 0.6 is 0 Å². The van der Waals surface area contributed by atoms with Crippen LogP contribution < -0.4 is 0 Å². The molecule has 0 fully saturated rings. The van der Waals surface area contributed by atoms with E-state index in [0.717, 1.165) is 24.9 Å². The third-order valence-corrected chi connectivity index (χ3v) is 3.70.